The van der Waals surface area contributed by atoms with Crippen molar-refractivity contribution in [3.63, 3.8) is 0 Å². The second-order valence-electron chi connectivity index (χ2n) is 6.69. The van der Waals surface area contributed by atoms with E-state index >= 15 is 0 Å². The third-order valence-corrected chi connectivity index (χ3v) is 4.50. The highest BCUT2D eigenvalue weighted by atomic mass is 127. The lowest BCUT2D eigenvalue weighted by molar-refractivity contribution is 0.260. The highest BCUT2D eigenvalue weighted by Gasteiger charge is 2.33. The molecule has 2 aliphatic carbocycles. The van der Waals surface area contributed by atoms with Gasteiger partial charge in [-0.25, -0.2) is 0 Å². The van der Waals surface area contributed by atoms with Crippen LogP contribution in [-0.2, 0) is 6.42 Å². The second-order valence-corrected chi connectivity index (χ2v) is 6.69. The van der Waals surface area contributed by atoms with E-state index in [9.17, 15) is 0 Å². The largest absolute Gasteiger partial charge is 0.469 e. The molecule has 24 heavy (non-hydrogen) atoms. The predicted molar refractivity (Wildman–Crippen MR) is 109 cm³/mol. The lowest BCUT2D eigenvalue weighted by Crippen LogP contribution is -2.39. The molecule has 0 spiro atoms. The van der Waals surface area contributed by atoms with Gasteiger partial charge in [-0.15, -0.1) is 24.0 Å². The average molecular weight is 446 g/mol. The van der Waals surface area contributed by atoms with E-state index < -0.39 is 0 Å². The molecule has 0 radical (unpaired) electrons. The van der Waals surface area contributed by atoms with E-state index in [1.165, 1.54) is 32.2 Å². The van der Waals surface area contributed by atoms with Crippen molar-refractivity contribution >= 4 is 29.9 Å². The van der Waals surface area contributed by atoms with E-state index in [1.807, 2.05) is 12.1 Å². The summed E-state index contributed by atoms with van der Waals surface area (Å²) >= 11 is 0. The van der Waals surface area contributed by atoms with E-state index in [0.717, 1.165) is 56.3 Å². The summed E-state index contributed by atoms with van der Waals surface area (Å²) in [7, 11) is 0. The van der Waals surface area contributed by atoms with Crippen molar-refractivity contribution in [1.29, 1.82) is 0 Å². The summed E-state index contributed by atoms with van der Waals surface area (Å²) in [6.45, 7) is 7.10. The van der Waals surface area contributed by atoms with Crippen molar-refractivity contribution < 1.29 is 4.42 Å². The van der Waals surface area contributed by atoms with Gasteiger partial charge < -0.3 is 15.1 Å². The molecule has 0 aliphatic heterocycles. The van der Waals surface area contributed by atoms with Crippen LogP contribution in [0.5, 0.6) is 0 Å². The molecule has 5 nitrogen and oxygen atoms in total. The van der Waals surface area contributed by atoms with Crippen LogP contribution in [0, 0.1) is 5.92 Å². The smallest absolute Gasteiger partial charge is 0.191 e. The highest BCUT2D eigenvalue weighted by molar-refractivity contribution is 14.0. The Morgan fingerprint density at radius 3 is 2.75 bits per heavy atom. The molecule has 2 saturated carbocycles. The topological polar surface area (TPSA) is 52.8 Å². The fraction of sp³-hybridized carbons (Fsp3) is 0.722. The lowest BCUT2D eigenvalue weighted by atomic mass is 10.3. The summed E-state index contributed by atoms with van der Waals surface area (Å²) in [5, 5.41) is 6.72. The van der Waals surface area contributed by atoms with Crippen LogP contribution in [0.3, 0.4) is 0 Å². The molecule has 0 saturated heterocycles. The van der Waals surface area contributed by atoms with Gasteiger partial charge in [-0.3, -0.25) is 9.89 Å². The van der Waals surface area contributed by atoms with Gasteiger partial charge in [0.05, 0.1) is 12.8 Å². The predicted octanol–water partition coefficient (Wildman–Crippen LogP) is 2.87. The van der Waals surface area contributed by atoms with Crippen molar-refractivity contribution in [3.8, 4) is 0 Å². The van der Waals surface area contributed by atoms with Crippen LogP contribution in [0.4, 0.5) is 0 Å². The number of aliphatic imine (C=N–C) groups is 1. The number of nitrogens with one attached hydrogen (secondary N) is 2. The maximum atomic E-state index is 5.36. The zero-order chi connectivity index (χ0) is 15.9. The Kier molecular flexibility index (Phi) is 8.38. The first-order valence-corrected chi connectivity index (χ1v) is 9.13. The first-order chi connectivity index (χ1) is 11.3. The highest BCUT2D eigenvalue weighted by Crippen LogP contribution is 2.34. The van der Waals surface area contributed by atoms with E-state index in [-0.39, 0.29) is 24.0 Å². The monoisotopic (exact) mass is 446 g/mol. The normalized spacial score (nSPS) is 17.7. The maximum absolute atomic E-state index is 5.36. The summed E-state index contributed by atoms with van der Waals surface area (Å²) in [6, 6.07) is 4.79. The molecular formula is C18H31IN4O. The van der Waals surface area contributed by atoms with Gasteiger partial charge in [0, 0.05) is 38.6 Å². The van der Waals surface area contributed by atoms with Crippen LogP contribution < -0.4 is 10.6 Å². The summed E-state index contributed by atoms with van der Waals surface area (Å²) in [5.41, 5.74) is 0. The number of rotatable bonds is 10. The summed E-state index contributed by atoms with van der Waals surface area (Å²) in [5.74, 6) is 2.90. The molecule has 1 aromatic rings. The van der Waals surface area contributed by atoms with E-state index in [0.29, 0.717) is 0 Å². The van der Waals surface area contributed by atoms with Crippen molar-refractivity contribution in [3.05, 3.63) is 24.2 Å². The molecule has 0 bridgehead atoms. The Bertz CT molecular complexity index is 483. The third-order valence-electron chi connectivity index (χ3n) is 4.50. The molecule has 3 rings (SSSR count). The summed E-state index contributed by atoms with van der Waals surface area (Å²) in [6.07, 6.45) is 8.25. The lowest BCUT2D eigenvalue weighted by Gasteiger charge is -2.21. The van der Waals surface area contributed by atoms with Crippen molar-refractivity contribution in [2.75, 3.05) is 32.7 Å². The van der Waals surface area contributed by atoms with Crippen molar-refractivity contribution in [2.45, 2.75) is 45.1 Å². The molecule has 1 heterocycles. The summed E-state index contributed by atoms with van der Waals surface area (Å²) < 4.78 is 5.36. The molecule has 136 valence electrons. The number of furan rings is 1. The molecular weight excluding hydrogens is 415 g/mol. The Labute approximate surface area is 162 Å². The average Bonchev–Trinajstić information content (AvgIpc) is 3.47. The number of hydrogen-bond acceptors (Lipinski definition) is 3. The number of halogens is 1. The second kappa shape index (κ2) is 10.3. The fourth-order valence-corrected chi connectivity index (χ4v) is 2.89. The zero-order valence-electron chi connectivity index (χ0n) is 14.7. The Hall–Kier alpha value is -0.760. The van der Waals surface area contributed by atoms with Crippen LogP contribution >= 0.6 is 24.0 Å². The molecule has 1 aromatic heterocycles. The fourth-order valence-electron chi connectivity index (χ4n) is 2.89. The quantitative estimate of drug-likeness (QED) is 0.330. The van der Waals surface area contributed by atoms with Gasteiger partial charge in [0.1, 0.15) is 5.76 Å². The molecule has 0 amide bonds. The zero-order valence-corrected chi connectivity index (χ0v) is 17.0. The number of guanidine groups is 1. The number of nitrogens with zero attached hydrogens (tertiary/aromatic N) is 2. The van der Waals surface area contributed by atoms with Gasteiger partial charge in [0.2, 0.25) is 0 Å². The molecule has 0 atom stereocenters. The summed E-state index contributed by atoms with van der Waals surface area (Å²) in [4.78, 5) is 7.39. The Balaban J connectivity index is 0.00000208. The van der Waals surface area contributed by atoms with Gasteiger partial charge in [-0.1, -0.05) is 0 Å². The minimum Gasteiger partial charge on any atom is -0.469 e. The maximum Gasteiger partial charge on any atom is 0.191 e. The molecule has 0 unspecified atom stereocenters. The van der Waals surface area contributed by atoms with E-state index in [2.05, 4.69) is 22.5 Å². The first kappa shape index (κ1) is 19.6. The van der Waals surface area contributed by atoms with Crippen LogP contribution in [0.25, 0.3) is 0 Å². The molecule has 2 fully saturated rings. The Morgan fingerprint density at radius 2 is 2.12 bits per heavy atom. The minimum absolute atomic E-state index is 0. The molecule has 0 aromatic carbocycles. The standard InChI is InChI=1S/C18H30N4O.HI/c1-2-19-18(20-10-9-17-4-3-13-23-17)21-11-12-22(16-7-8-16)14-15-5-6-15;/h3-4,13,15-16H,2,5-12,14H2,1H3,(H2,19,20,21);1H. The SMILES string of the molecule is CCNC(=NCCN(CC1CC1)C1CC1)NCCc1ccco1.I. The number of hydrogen-bond donors (Lipinski definition) is 2. The van der Waals surface area contributed by atoms with Gasteiger partial charge in [0.15, 0.2) is 5.96 Å². The van der Waals surface area contributed by atoms with Gasteiger partial charge in [0.25, 0.3) is 0 Å². The van der Waals surface area contributed by atoms with Crippen LogP contribution in [0.2, 0.25) is 0 Å². The van der Waals surface area contributed by atoms with E-state index in [1.54, 1.807) is 6.26 Å². The molecule has 6 heteroatoms. The molecule has 2 N–H and O–H groups in total. The van der Waals surface area contributed by atoms with Crippen LogP contribution in [-0.4, -0.2) is 49.6 Å². The minimum atomic E-state index is 0. The Morgan fingerprint density at radius 1 is 1.29 bits per heavy atom. The van der Waals surface area contributed by atoms with Gasteiger partial charge in [-0.05, 0) is 50.7 Å². The third kappa shape index (κ3) is 7.01. The van der Waals surface area contributed by atoms with Crippen LogP contribution in [0.15, 0.2) is 27.8 Å². The molecule has 2 aliphatic rings. The van der Waals surface area contributed by atoms with E-state index in [4.69, 9.17) is 9.41 Å². The van der Waals surface area contributed by atoms with Gasteiger partial charge >= 0.3 is 0 Å². The first-order valence-electron chi connectivity index (χ1n) is 9.13. The van der Waals surface area contributed by atoms with Crippen molar-refractivity contribution in [1.82, 2.24) is 15.5 Å². The van der Waals surface area contributed by atoms with Gasteiger partial charge in [-0.2, -0.15) is 0 Å². The van der Waals surface area contributed by atoms with Crippen molar-refractivity contribution in [2.24, 2.45) is 10.9 Å². The van der Waals surface area contributed by atoms with Crippen LogP contribution in [0.1, 0.15) is 38.4 Å².